The standard InChI is InChI=1S/C27H34N6O/c1-17(2)9-8-10-18(3)29-27(34)23-24-26(31-22-12-7-6-11-21(22)30-24)33(25(23)28)20-15-13-19(14-16-20)32(4)5/h6-7,11-18H,8-10,28H2,1-5H3,(H,29,34)/t18-/m0/s1. The van der Waals surface area contributed by atoms with Crippen molar-refractivity contribution in [3.8, 4) is 5.69 Å². The average Bonchev–Trinajstić information content (AvgIpc) is 3.07. The molecule has 0 aliphatic heterocycles. The van der Waals surface area contributed by atoms with Crippen LogP contribution in [0.3, 0.4) is 0 Å². The second kappa shape index (κ2) is 9.71. The predicted molar refractivity (Wildman–Crippen MR) is 141 cm³/mol. The van der Waals surface area contributed by atoms with Crippen LogP contribution in [-0.4, -0.2) is 40.6 Å². The molecule has 7 nitrogen and oxygen atoms in total. The number of carbonyl (C=O) groups excluding carboxylic acids is 1. The molecule has 1 amide bonds. The van der Waals surface area contributed by atoms with E-state index < -0.39 is 0 Å². The molecule has 2 aromatic heterocycles. The second-order valence-electron chi connectivity index (χ2n) is 9.59. The Bertz CT molecular complexity index is 1310. The van der Waals surface area contributed by atoms with Gasteiger partial charge in [-0.2, -0.15) is 0 Å². The Morgan fingerprint density at radius 3 is 2.26 bits per heavy atom. The third-order valence-electron chi connectivity index (χ3n) is 6.15. The van der Waals surface area contributed by atoms with Crippen molar-refractivity contribution in [1.29, 1.82) is 0 Å². The lowest BCUT2D eigenvalue weighted by Crippen LogP contribution is -2.33. The molecule has 34 heavy (non-hydrogen) atoms. The van der Waals surface area contributed by atoms with E-state index in [9.17, 15) is 4.79 Å². The number of nitrogen functional groups attached to an aromatic ring is 1. The first-order chi connectivity index (χ1) is 16.3. The first kappa shape index (κ1) is 23.5. The Labute approximate surface area is 201 Å². The SMILES string of the molecule is CC(C)CCC[C@H](C)NC(=O)c1c(N)n(-c2ccc(N(C)C)cc2)c2nc3ccccc3nc12. The van der Waals surface area contributed by atoms with Crippen molar-refractivity contribution in [1.82, 2.24) is 19.9 Å². The van der Waals surface area contributed by atoms with Crippen LogP contribution >= 0.6 is 0 Å². The predicted octanol–water partition coefficient (Wildman–Crippen LogP) is 5.17. The molecule has 178 valence electrons. The van der Waals surface area contributed by atoms with Gasteiger partial charge in [0.25, 0.3) is 5.91 Å². The summed E-state index contributed by atoms with van der Waals surface area (Å²) in [4.78, 5) is 25.1. The number of anilines is 2. The zero-order chi connectivity index (χ0) is 24.4. The van der Waals surface area contributed by atoms with Gasteiger partial charge in [-0.3, -0.25) is 9.36 Å². The molecule has 4 rings (SSSR count). The summed E-state index contributed by atoms with van der Waals surface area (Å²) in [6.45, 7) is 6.47. The highest BCUT2D eigenvalue weighted by molar-refractivity contribution is 6.11. The molecule has 3 N–H and O–H groups in total. The van der Waals surface area contributed by atoms with Gasteiger partial charge in [-0.05, 0) is 55.7 Å². The highest BCUT2D eigenvalue weighted by atomic mass is 16.1. The molecular weight excluding hydrogens is 424 g/mol. The van der Waals surface area contributed by atoms with Gasteiger partial charge in [-0.25, -0.2) is 9.97 Å². The minimum Gasteiger partial charge on any atom is -0.384 e. The molecule has 7 heteroatoms. The molecule has 0 saturated carbocycles. The number of fused-ring (bicyclic) bond motifs is 2. The molecule has 0 fully saturated rings. The van der Waals surface area contributed by atoms with Gasteiger partial charge in [0.2, 0.25) is 0 Å². The fourth-order valence-corrected chi connectivity index (χ4v) is 4.25. The van der Waals surface area contributed by atoms with Crippen molar-refractivity contribution in [3.63, 3.8) is 0 Å². The summed E-state index contributed by atoms with van der Waals surface area (Å²) in [6.07, 6.45) is 3.13. The van der Waals surface area contributed by atoms with Gasteiger partial charge in [0, 0.05) is 31.5 Å². The lowest BCUT2D eigenvalue weighted by molar-refractivity contribution is 0.0940. The van der Waals surface area contributed by atoms with Gasteiger partial charge < -0.3 is 16.0 Å². The molecule has 2 heterocycles. The number of amides is 1. The van der Waals surface area contributed by atoms with E-state index in [4.69, 9.17) is 15.7 Å². The lowest BCUT2D eigenvalue weighted by atomic mass is 10.0. The molecule has 0 saturated heterocycles. The van der Waals surface area contributed by atoms with Crippen molar-refractivity contribution >= 4 is 39.6 Å². The molecule has 0 radical (unpaired) electrons. The smallest absolute Gasteiger partial charge is 0.257 e. The number of nitrogens with two attached hydrogens (primary N) is 1. The first-order valence-corrected chi connectivity index (χ1v) is 11.9. The molecular formula is C27H34N6O. The molecule has 4 aromatic rings. The number of rotatable bonds is 8. The maximum Gasteiger partial charge on any atom is 0.257 e. The number of nitrogens with zero attached hydrogens (tertiary/aromatic N) is 4. The number of hydrogen-bond acceptors (Lipinski definition) is 5. The highest BCUT2D eigenvalue weighted by Crippen LogP contribution is 2.31. The van der Waals surface area contributed by atoms with Gasteiger partial charge in [0.05, 0.1) is 11.0 Å². The average molecular weight is 459 g/mol. The van der Waals surface area contributed by atoms with E-state index in [1.807, 2.05) is 79.0 Å². The molecule has 0 aliphatic carbocycles. The minimum atomic E-state index is -0.215. The summed E-state index contributed by atoms with van der Waals surface area (Å²) >= 11 is 0. The van der Waals surface area contributed by atoms with Crippen molar-refractivity contribution < 1.29 is 4.79 Å². The zero-order valence-electron chi connectivity index (χ0n) is 20.7. The zero-order valence-corrected chi connectivity index (χ0v) is 20.7. The van der Waals surface area contributed by atoms with Crippen LogP contribution in [0.5, 0.6) is 0 Å². The largest absolute Gasteiger partial charge is 0.384 e. The Morgan fingerprint density at radius 2 is 1.65 bits per heavy atom. The van der Waals surface area contributed by atoms with Gasteiger partial charge in [-0.1, -0.05) is 38.8 Å². The Kier molecular flexibility index (Phi) is 6.72. The van der Waals surface area contributed by atoms with Crippen LogP contribution < -0.4 is 16.0 Å². The number of hydrogen-bond donors (Lipinski definition) is 2. The fraction of sp³-hybridized carbons (Fsp3) is 0.370. The van der Waals surface area contributed by atoms with Crippen LogP contribution in [0.25, 0.3) is 27.9 Å². The number of nitrogens with one attached hydrogen (secondary N) is 1. The van der Waals surface area contributed by atoms with Crippen LogP contribution in [0.15, 0.2) is 48.5 Å². The summed E-state index contributed by atoms with van der Waals surface area (Å²) in [7, 11) is 3.99. The molecule has 1 atom stereocenters. The summed E-state index contributed by atoms with van der Waals surface area (Å²) in [5.74, 6) is 0.779. The molecule has 0 aliphatic rings. The number of carbonyl (C=O) groups is 1. The van der Waals surface area contributed by atoms with Crippen LogP contribution in [0, 0.1) is 5.92 Å². The van der Waals surface area contributed by atoms with E-state index in [1.54, 1.807) is 0 Å². The summed E-state index contributed by atoms with van der Waals surface area (Å²) in [6, 6.07) is 15.7. The normalized spacial score (nSPS) is 12.4. The van der Waals surface area contributed by atoms with Crippen LogP contribution in [0.2, 0.25) is 0 Å². The maximum absolute atomic E-state index is 13.4. The summed E-state index contributed by atoms with van der Waals surface area (Å²) in [5.41, 5.74) is 11.5. The molecule has 0 bridgehead atoms. The number of aromatic nitrogens is 3. The van der Waals surface area contributed by atoms with E-state index in [0.29, 0.717) is 28.5 Å². The quantitative estimate of drug-likeness (QED) is 0.380. The minimum absolute atomic E-state index is 0.0387. The topological polar surface area (TPSA) is 89.1 Å². The lowest BCUT2D eigenvalue weighted by Gasteiger charge is -2.15. The Hall–Kier alpha value is -3.61. The monoisotopic (exact) mass is 458 g/mol. The van der Waals surface area contributed by atoms with E-state index in [1.165, 1.54) is 0 Å². The van der Waals surface area contributed by atoms with E-state index in [-0.39, 0.29) is 11.9 Å². The van der Waals surface area contributed by atoms with Crippen molar-refractivity contribution in [2.24, 2.45) is 5.92 Å². The van der Waals surface area contributed by atoms with Gasteiger partial charge in [-0.15, -0.1) is 0 Å². The summed E-state index contributed by atoms with van der Waals surface area (Å²) < 4.78 is 1.83. The van der Waals surface area contributed by atoms with Crippen molar-refractivity contribution in [3.05, 3.63) is 54.1 Å². The van der Waals surface area contributed by atoms with Crippen LogP contribution in [0.4, 0.5) is 11.5 Å². The summed E-state index contributed by atoms with van der Waals surface area (Å²) in [5, 5.41) is 3.13. The third-order valence-corrected chi connectivity index (χ3v) is 6.15. The van der Waals surface area contributed by atoms with Crippen LogP contribution in [0.1, 0.15) is 50.4 Å². The molecule has 2 aromatic carbocycles. The number of para-hydroxylation sites is 2. The van der Waals surface area contributed by atoms with Gasteiger partial charge in [0.1, 0.15) is 16.9 Å². The fourth-order valence-electron chi connectivity index (χ4n) is 4.25. The van der Waals surface area contributed by atoms with E-state index in [2.05, 4.69) is 19.2 Å². The highest BCUT2D eigenvalue weighted by Gasteiger charge is 2.25. The van der Waals surface area contributed by atoms with Gasteiger partial charge in [0.15, 0.2) is 5.65 Å². The van der Waals surface area contributed by atoms with Gasteiger partial charge >= 0.3 is 0 Å². The van der Waals surface area contributed by atoms with Crippen LogP contribution in [-0.2, 0) is 0 Å². The first-order valence-electron chi connectivity index (χ1n) is 11.9. The third kappa shape index (κ3) is 4.69. The van der Waals surface area contributed by atoms with Crippen molar-refractivity contribution in [2.45, 2.75) is 46.1 Å². The Morgan fingerprint density at radius 1 is 1.00 bits per heavy atom. The number of benzene rings is 2. The maximum atomic E-state index is 13.4. The van der Waals surface area contributed by atoms with Crippen molar-refractivity contribution in [2.75, 3.05) is 24.7 Å². The van der Waals surface area contributed by atoms with E-state index in [0.717, 1.165) is 41.7 Å². The van der Waals surface area contributed by atoms with E-state index >= 15 is 0 Å². The molecule has 0 unspecified atom stereocenters. The second-order valence-corrected chi connectivity index (χ2v) is 9.59. The Balaban J connectivity index is 1.79. The molecule has 0 spiro atoms.